The maximum Gasteiger partial charge on any atom is 0.319 e. The summed E-state index contributed by atoms with van der Waals surface area (Å²) in [4.78, 5) is 16.7. The van der Waals surface area contributed by atoms with Crippen molar-refractivity contribution in [3.8, 4) is 17.2 Å². The summed E-state index contributed by atoms with van der Waals surface area (Å²) in [5, 5.41) is 5.69. The van der Waals surface area contributed by atoms with E-state index in [0.717, 1.165) is 28.1 Å². The molecular weight excluding hydrogens is 354 g/mol. The van der Waals surface area contributed by atoms with Crippen LogP contribution in [0.4, 0.5) is 10.5 Å². The fourth-order valence-corrected chi connectivity index (χ4v) is 2.86. The molecule has 0 radical (unpaired) electrons. The van der Waals surface area contributed by atoms with Gasteiger partial charge in [-0.25, -0.2) is 9.78 Å². The van der Waals surface area contributed by atoms with Gasteiger partial charge in [-0.2, -0.15) is 0 Å². The zero-order valence-corrected chi connectivity index (χ0v) is 16.6. The average Bonchev–Trinajstić information content (AvgIpc) is 3.04. The molecule has 0 aliphatic heterocycles. The Bertz CT molecular complexity index is 962. The third kappa shape index (κ3) is 4.71. The number of urea groups is 1. The lowest BCUT2D eigenvalue weighted by molar-refractivity contribution is 0.251. The van der Waals surface area contributed by atoms with Crippen LogP contribution in [0, 0.1) is 20.8 Å². The van der Waals surface area contributed by atoms with Crippen LogP contribution in [-0.2, 0) is 6.54 Å². The number of oxazole rings is 1. The maximum absolute atomic E-state index is 12.2. The van der Waals surface area contributed by atoms with Crippen LogP contribution in [0.15, 0.2) is 46.9 Å². The second kappa shape index (κ2) is 8.61. The predicted molar refractivity (Wildman–Crippen MR) is 110 cm³/mol. The van der Waals surface area contributed by atoms with Crippen LogP contribution in [0.5, 0.6) is 5.75 Å². The second-order valence-electron chi connectivity index (χ2n) is 6.61. The lowest BCUT2D eigenvalue weighted by Crippen LogP contribution is -2.28. The number of hydrogen-bond acceptors (Lipinski definition) is 4. The van der Waals surface area contributed by atoms with Gasteiger partial charge in [0.1, 0.15) is 17.2 Å². The summed E-state index contributed by atoms with van der Waals surface area (Å²) < 4.78 is 11.2. The van der Waals surface area contributed by atoms with E-state index in [9.17, 15) is 4.79 Å². The van der Waals surface area contributed by atoms with Gasteiger partial charge < -0.3 is 19.8 Å². The van der Waals surface area contributed by atoms with E-state index >= 15 is 0 Å². The molecule has 0 bridgehead atoms. The molecule has 0 spiro atoms. The molecule has 0 aliphatic carbocycles. The summed E-state index contributed by atoms with van der Waals surface area (Å²) in [5.41, 5.74) is 4.52. The van der Waals surface area contributed by atoms with Crippen molar-refractivity contribution in [3.63, 3.8) is 0 Å². The first kappa shape index (κ1) is 19.5. The molecule has 6 heteroatoms. The van der Waals surface area contributed by atoms with Gasteiger partial charge in [-0.3, -0.25) is 0 Å². The highest BCUT2D eigenvalue weighted by Gasteiger charge is 2.13. The Balaban J connectivity index is 1.62. The van der Waals surface area contributed by atoms with E-state index in [2.05, 4.69) is 15.6 Å². The molecule has 3 aromatic rings. The SMILES string of the molecule is CCOc1ccc(-c2nc(CNC(=O)Nc3ccc(C)cc3C)c(C)o2)cc1. The van der Waals surface area contributed by atoms with Gasteiger partial charge in [0.15, 0.2) is 0 Å². The summed E-state index contributed by atoms with van der Waals surface area (Å²) in [6, 6.07) is 13.2. The summed E-state index contributed by atoms with van der Waals surface area (Å²) >= 11 is 0. The van der Waals surface area contributed by atoms with Crippen LogP contribution in [-0.4, -0.2) is 17.6 Å². The topological polar surface area (TPSA) is 76.4 Å². The molecule has 0 unspecified atom stereocenters. The number of aromatic nitrogens is 1. The zero-order valence-electron chi connectivity index (χ0n) is 16.6. The molecule has 2 N–H and O–H groups in total. The van der Waals surface area contributed by atoms with Crippen LogP contribution in [0.25, 0.3) is 11.5 Å². The van der Waals surface area contributed by atoms with Gasteiger partial charge >= 0.3 is 6.03 Å². The molecule has 0 atom stereocenters. The van der Waals surface area contributed by atoms with E-state index in [1.165, 1.54) is 0 Å². The molecular formula is C22H25N3O3. The molecule has 146 valence electrons. The van der Waals surface area contributed by atoms with Crippen molar-refractivity contribution in [1.82, 2.24) is 10.3 Å². The number of anilines is 1. The van der Waals surface area contributed by atoms with Crippen LogP contribution < -0.4 is 15.4 Å². The Kier molecular flexibility index (Phi) is 5.99. The van der Waals surface area contributed by atoms with E-state index in [-0.39, 0.29) is 12.6 Å². The second-order valence-corrected chi connectivity index (χ2v) is 6.61. The summed E-state index contributed by atoms with van der Waals surface area (Å²) in [7, 11) is 0. The standard InChI is InChI=1S/C22H25N3O3/c1-5-27-18-9-7-17(8-10-18)21-24-20(16(4)28-21)13-23-22(26)25-19-11-6-14(2)12-15(19)3/h6-12H,5,13H2,1-4H3,(H2,23,25,26). The van der Waals surface area contributed by atoms with E-state index in [1.807, 2.05) is 70.2 Å². The first-order valence-corrected chi connectivity index (χ1v) is 9.28. The average molecular weight is 379 g/mol. The molecule has 2 amide bonds. The molecule has 2 aromatic carbocycles. The van der Waals surface area contributed by atoms with Crippen molar-refractivity contribution < 1.29 is 13.9 Å². The zero-order chi connectivity index (χ0) is 20.1. The van der Waals surface area contributed by atoms with Crippen molar-refractivity contribution in [2.75, 3.05) is 11.9 Å². The number of nitrogens with zero attached hydrogens (tertiary/aromatic N) is 1. The number of rotatable bonds is 6. The van der Waals surface area contributed by atoms with Crippen molar-refractivity contribution in [3.05, 3.63) is 65.0 Å². The molecule has 0 saturated heterocycles. The van der Waals surface area contributed by atoms with Gasteiger partial charge in [-0.15, -0.1) is 0 Å². The number of carbonyl (C=O) groups is 1. The number of carbonyl (C=O) groups excluding carboxylic acids is 1. The van der Waals surface area contributed by atoms with Crippen LogP contribution in [0.2, 0.25) is 0 Å². The van der Waals surface area contributed by atoms with Crippen molar-refractivity contribution in [1.29, 1.82) is 0 Å². The number of amides is 2. The largest absolute Gasteiger partial charge is 0.494 e. The third-order valence-electron chi connectivity index (χ3n) is 4.35. The Hall–Kier alpha value is -3.28. The molecule has 1 aromatic heterocycles. The van der Waals surface area contributed by atoms with E-state index in [1.54, 1.807) is 0 Å². The summed E-state index contributed by atoms with van der Waals surface area (Å²) in [5.74, 6) is 2.00. The highest BCUT2D eigenvalue weighted by atomic mass is 16.5. The number of ether oxygens (including phenoxy) is 1. The van der Waals surface area contributed by atoms with Gasteiger partial charge in [-0.05, 0) is 63.6 Å². The van der Waals surface area contributed by atoms with Crippen LogP contribution in [0.1, 0.15) is 29.5 Å². The monoisotopic (exact) mass is 379 g/mol. The quantitative estimate of drug-likeness (QED) is 0.633. The summed E-state index contributed by atoms with van der Waals surface area (Å²) in [6.07, 6.45) is 0. The Morgan fingerprint density at radius 1 is 1.11 bits per heavy atom. The third-order valence-corrected chi connectivity index (χ3v) is 4.35. The van der Waals surface area contributed by atoms with E-state index in [4.69, 9.17) is 9.15 Å². The lowest BCUT2D eigenvalue weighted by Gasteiger charge is -2.10. The van der Waals surface area contributed by atoms with Crippen LogP contribution in [0.3, 0.4) is 0 Å². The van der Waals surface area contributed by atoms with Gasteiger partial charge in [0.05, 0.1) is 13.2 Å². The van der Waals surface area contributed by atoms with Gasteiger partial charge in [0.2, 0.25) is 5.89 Å². The van der Waals surface area contributed by atoms with Crippen molar-refractivity contribution in [2.24, 2.45) is 0 Å². The normalized spacial score (nSPS) is 10.6. The smallest absolute Gasteiger partial charge is 0.319 e. The molecule has 0 saturated carbocycles. The molecule has 0 aliphatic rings. The number of hydrogen-bond donors (Lipinski definition) is 2. The predicted octanol–water partition coefficient (Wildman–Crippen LogP) is 4.99. The molecule has 28 heavy (non-hydrogen) atoms. The Morgan fingerprint density at radius 3 is 2.54 bits per heavy atom. The van der Waals surface area contributed by atoms with Gasteiger partial charge in [0, 0.05) is 11.3 Å². The van der Waals surface area contributed by atoms with E-state index in [0.29, 0.717) is 24.0 Å². The molecule has 0 fully saturated rings. The number of aryl methyl sites for hydroxylation is 3. The Morgan fingerprint density at radius 2 is 1.86 bits per heavy atom. The van der Waals surface area contributed by atoms with E-state index < -0.39 is 0 Å². The Labute approximate surface area is 164 Å². The van der Waals surface area contributed by atoms with Gasteiger partial charge in [-0.1, -0.05) is 17.7 Å². The fourth-order valence-electron chi connectivity index (χ4n) is 2.86. The fraction of sp³-hybridized carbons (Fsp3) is 0.273. The molecule has 3 rings (SSSR count). The number of nitrogens with one attached hydrogen (secondary N) is 2. The highest BCUT2D eigenvalue weighted by molar-refractivity contribution is 5.90. The minimum atomic E-state index is -0.281. The minimum absolute atomic E-state index is 0.281. The molecule has 6 nitrogen and oxygen atoms in total. The maximum atomic E-state index is 12.2. The van der Waals surface area contributed by atoms with Crippen molar-refractivity contribution in [2.45, 2.75) is 34.2 Å². The summed E-state index contributed by atoms with van der Waals surface area (Å²) in [6.45, 7) is 8.67. The van der Waals surface area contributed by atoms with Crippen LogP contribution >= 0.6 is 0 Å². The first-order valence-electron chi connectivity index (χ1n) is 9.28. The minimum Gasteiger partial charge on any atom is -0.494 e. The van der Waals surface area contributed by atoms with Crippen molar-refractivity contribution >= 4 is 11.7 Å². The molecule has 1 heterocycles. The van der Waals surface area contributed by atoms with Gasteiger partial charge in [0.25, 0.3) is 0 Å². The highest BCUT2D eigenvalue weighted by Crippen LogP contribution is 2.24. The number of benzene rings is 2. The first-order chi connectivity index (χ1) is 13.5. The lowest BCUT2D eigenvalue weighted by atomic mass is 10.1.